The molecule has 0 aliphatic rings. The van der Waals surface area contributed by atoms with Crippen LogP contribution in [0.25, 0.3) is 0 Å². The smallest absolute Gasteiger partial charge is 0.0888 e. The van der Waals surface area contributed by atoms with E-state index in [1.165, 1.54) is 12.8 Å². The maximum atomic E-state index is 11.5. The Balaban J connectivity index is 3.22. The summed E-state index contributed by atoms with van der Waals surface area (Å²) in [6, 6.07) is 0. The van der Waals surface area contributed by atoms with Gasteiger partial charge in [0.05, 0.1) is 0 Å². The lowest BCUT2D eigenvalue weighted by molar-refractivity contribution is 0.583. The minimum atomic E-state index is -0.897. The summed E-state index contributed by atoms with van der Waals surface area (Å²) in [4.78, 5) is 0. The van der Waals surface area contributed by atoms with E-state index >= 15 is 0 Å². The predicted molar refractivity (Wildman–Crippen MR) is 65.5 cm³/mol. The Morgan fingerprint density at radius 1 is 1.00 bits per heavy atom. The van der Waals surface area contributed by atoms with Crippen molar-refractivity contribution in [1.29, 1.82) is 0 Å². The van der Waals surface area contributed by atoms with E-state index < -0.39 is 7.80 Å². The Hall–Kier alpha value is -0.160. The van der Waals surface area contributed by atoms with Crippen molar-refractivity contribution in [2.45, 2.75) is 52.4 Å². The molecule has 0 aromatic rings. The predicted octanol–water partition coefficient (Wildman–Crippen LogP) is 4.75. The summed E-state index contributed by atoms with van der Waals surface area (Å²) in [6.45, 7) is 4.32. The molecule has 0 bridgehead atoms. The number of allylic oxidation sites excluding steroid dienone is 2. The molecule has 0 rings (SSSR count). The first kappa shape index (κ1) is 13.8. The van der Waals surface area contributed by atoms with Gasteiger partial charge in [0.25, 0.3) is 0 Å². The minimum Gasteiger partial charge on any atom is -0.0888 e. The molecular weight excluding hydrogens is 191 g/mol. The standard InChI is InChI=1S/C12H24OP/c1-3-5-7-8-10-12-14(13)11-9-6-4-2/h5,7H,3-4,6,8-12H2,1-2H3/q+1. The molecule has 82 valence electrons. The Morgan fingerprint density at radius 3 is 2.36 bits per heavy atom. The highest BCUT2D eigenvalue weighted by atomic mass is 31.1. The van der Waals surface area contributed by atoms with E-state index in [0.29, 0.717) is 0 Å². The van der Waals surface area contributed by atoms with Gasteiger partial charge in [0, 0.05) is 0 Å². The molecule has 0 amide bonds. The van der Waals surface area contributed by atoms with Crippen LogP contribution in [0.3, 0.4) is 0 Å². The minimum absolute atomic E-state index is 0.897. The highest BCUT2D eigenvalue weighted by molar-refractivity contribution is 7.44. The van der Waals surface area contributed by atoms with Crippen molar-refractivity contribution in [2.75, 3.05) is 12.3 Å². The lowest BCUT2D eigenvalue weighted by Crippen LogP contribution is -1.84. The van der Waals surface area contributed by atoms with Gasteiger partial charge in [-0.15, -0.1) is 0 Å². The molecular formula is C12H24OP+. The average molecular weight is 215 g/mol. The topological polar surface area (TPSA) is 17.1 Å². The number of rotatable bonds is 9. The summed E-state index contributed by atoms with van der Waals surface area (Å²) in [7, 11) is -0.897. The third-order valence-electron chi connectivity index (χ3n) is 2.19. The van der Waals surface area contributed by atoms with Gasteiger partial charge in [-0.1, -0.05) is 37.0 Å². The van der Waals surface area contributed by atoms with E-state index in [4.69, 9.17) is 0 Å². The second kappa shape index (κ2) is 10.9. The lowest BCUT2D eigenvalue weighted by Gasteiger charge is -1.90. The number of hydrogen-bond donors (Lipinski definition) is 0. The molecule has 0 N–H and O–H groups in total. The first-order valence-electron chi connectivity index (χ1n) is 5.88. The van der Waals surface area contributed by atoms with E-state index in [1.54, 1.807) is 0 Å². The third kappa shape index (κ3) is 9.92. The van der Waals surface area contributed by atoms with Gasteiger partial charge in [-0.05, 0) is 32.1 Å². The fourth-order valence-electron chi connectivity index (χ4n) is 1.32. The fraction of sp³-hybridized carbons (Fsp3) is 0.833. The summed E-state index contributed by atoms with van der Waals surface area (Å²) >= 11 is 0. The van der Waals surface area contributed by atoms with E-state index in [2.05, 4.69) is 26.0 Å². The van der Waals surface area contributed by atoms with Crippen molar-refractivity contribution in [3.63, 3.8) is 0 Å². The summed E-state index contributed by atoms with van der Waals surface area (Å²) in [5.41, 5.74) is 0. The van der Waals surface area contributed by atoms with Crippen LogP contribution in [0.4, 0.5) is 0 Å². The molecule has 0 spiro atoms. The van der Waals surface area contributed by atoms with E-state index in [1.807, 2.05) is 0 Å². The van der Waals surface area contributed by atoms with Crippen LogP contribution in [0, 0.1) is 0 Å². The zero-order chi connectivity index (χ0) is 10.6. The Bertz CT molecular complexity index is 164. The zero-order valence-corrected chi connectivity index (χ0v) is 10.6. The molecule has 1 nitrogen and oxygen atoms in total. The molecule has 1 unspecified atom stereocenters. The Labute approximate surface area is 89.8 Å². The quantitative estimate of drug-likeness (QED) is 0.308. The monoisotopic (exact) mass is 215 g/mol. The van der Waals surface area contributed by atoms with E-state index in [9.17, 15) is 4.57 Å². The second-order valence-electron chi connectivity index (χ2n) is 3.66. The van der Waals surface area contributed by atoms with Gasteiger partial charge in [-0.2, -0.15) is 0 Å². The molecule has 2 heteroatoms. The molecule has 0 saturated carbocycles. The average Bonchev–Trinajstić information content (AvgIpc) is 2.18. The largest absolute Gasteiger partial charge is 0.338 e. The zero-order valence-electron chi connectivity index (χ0n) is 9.67. The van der Waals surface area contributed by atoms with Gasteiger partial charge < -0.3 is 0 Å². The second-order valence-corrected chi connectivity index (χ2v) is 5.52. The molecule has 0 heterocycles. The summed E-state index contributed by atoms with van der Waals surface area (Å²) in [6.07, 6.45) is 13.2. The van der Waals surface area contributed by atoms with Crippen molar-refractivity contribution in [3.05, 3.63) is 12.2 Å². The lowest BCUT2D eigenvalue weighted by atomic mass is 10.3. The van der Waals surface area contributed by atoms with Gasteiger partial charge in [-0.3, -0.25) is 0 Å². The van der Waals surface area contributed by atoms with Crippen LogP contribution in [0.2, 0.25) is 0 Å². The highest BCUT2D eigenvalue weighted by Crippen LogP contribution is 2.24. The van der Waals surface area contributed by atoms with Crippen molar-refractivity contribution < 1.29 is 4.57 Å². The molecule has 1 atom stereocenters. The molecule has 0 radical (unpaired) electrons. The van der Waals surface area contributed by atoms with Crippen LogP contribution in [-0.2, 0) is 4.57 Å². The molecule has 0 aromatic carbocycles. The molecule has 0 saturated heterocycles. The first-order chi connectivity index (χ1) is 6.81. The van der Waals surface area contributed by atoms with Crippen LogP contribution < -0.4 is 0 Å². The maximum absolute atomic E-state index is 11.5. The maximum Gasteiger partial charge on any atom is 0.338 e. The van der Waals surface area contributed by atoms with Crippen LogP contribution in [-0.4, -0.2) is 12.3 Å². The van der Waals surface area contributed by atoms with Crippen molar-refractivity contribution in [2.24, 2.45) is 0 Å². The Kier molecular flexibility index (Phi) is 10.8. The van der Waals surface area contributed by atoms with Crippen molar-refractivity contribution in [1.82, 2.24) is 0 Å². The van der Waals surface area contributed by atoms with Gasteiger partial charge in [0.2, 0.25) is 0 Å². The molecule has 0 fully saturated rings. The van der Waals surface area contributed by atoms with E-state index in [-0.39, 0.29) is 0 Å². The van der Waals surface area contributed by atoms with Crippen LogP contribution in [0.1, 0.15) is 52.4 Å². The van der Waals surface area contributed by atoms with Gasteiger partial charge in [0.15, 0.2) is 0 Å². The van der Waals surface area contributed by atoms with Crippen LogP contribution >= 0.6 is 7.80 Å². The Morgan fingerprint density at radius 2 is 1.71 bits per heavy atom. The fourth-order valence-corrected chi connectivity index (χ4v) is 2.66. The summed E-state index contributed by atoms with van der Waals surface area (Å²) < 4.78 is 11.5. The highest BCUT2D eigenvalue weighted by Gasteiger charge is 2.12. The van der Waals surface area contributed by atoms with Gasteiger partial charge >= 0.3 is 7.80 Å². The SMILES string of the molecule is CCC=CCCC[P+](=O)CCCCC. The van der Waals surface area contributed by atoms with Crippen molar-refractivity contribution in [3.8, 4) is 0 Å². The van der Waals surface area contributed by atoms with Gasteiger partial charge in [-0.25, -0.2) is 0 Å². The third-order valence-corrected chi connectivity index (χ3v) is 3.82. The molecule has 0 aromatic heterocycles. The summed E-state index contributed by atoms with van der Waals surface area (Å²) in [5, 5.41) is 0. The molecule has 0 aliphatic carbocycles. The number of hydrogen-bond acceptors (Lipinski definition) is 1. The van der Waals surface area contributed by atoms with Crippen LogP contribution in [0.5, 0.6) is 0 Å². The molecule has 0 aliphatic heterocycles. The summed E-state index contributed by atoms with van der Waals surface area (Å²) in [5.74, 6) is 0. The molecule has 14 heavy (non-hydrogen) atoms. The number of unbranched alkanes of at least 4 members (excludes halogenated alkanes) is 3. The van der Waals surface area contributed by atoms with Gasteiger partial charge in [0.1, 0.15) is 12.3 Å². The van der Waals surface area contributed by atoms with Crippen LogP contribution in [0.15, 0.2) is 12.2 Å². The van der Waals surface area contributed by atoms with Crippen molar-refractivity contribution >= 4 is 7.80 Å². The normalized spacial score (nSPS) is 12.3. The van der Waals surface area contributed by atoms with E-state index in [0.717, 1.165) is 38.0 Å². The first-order valence-corrected chi connectivity index (χ1v) is 7.51.